The third-order valence-corrected chi connectivity index (χ3v) is 2.88. The van der Waals surface area contributed by atoms with Gasteiger partial charge in [-0.2, -0.15) is 0 Å². The maximum atomic E-state index is 13.2. The van der Waals surface area contributed by atoms with Crippen LogP contribution < -0.4 is 10.1 Å². The number of Topliss-reactive ketones (excluding diaryl/α,β-unsaturated/α-hetero) is 1. The van der Waals surface area contributed by atoms with Crippen molar-refractivity contribution in [2.45, 2.75) is 12.5 Å². The third-order valence-electron chi connectivity index (χ3n) is 2.88. The second-order valence-electron chi connectivity index (χ2n) is 4.17. The SMILES string of the molecule is COc1ccc(F)cc1C(=O)CC1CNCCO1. The van der Waals surface area contributed by atoms with E-state index in [9.17, 15) is 9.18 Å². The number of benzene rings is 1. The molecule has 1 N–H and O–H groups in total. The summed E-state index contributed by atoms with van der Waals surface area (Å²) >= 11 is 0. The Labute approximate surface area is 105 Å². The van der Waals surface area contributed by atoms with Crippen LogP contribution in [0.3, 0.4) is 0 Å². The highest BCUT2D eigenvalue weighted by Crippen LogP contribution is 2.22. The van der Waals surface area contributed by atoms with Crippen LogP contribution in [0.15, 0.2) is 18.2 Å². The van der Waals surface area contributed by atoms with Crippen molar-refractivity contribution in [1.29, 1.82) is 0 Å². The van der Waals surface area contributed by atoms with E-state index in [1.165, 1.54) is 25.3 Å². The average molecular weight is 253 g/mol. The number of rotatable bonds is 4. The van der Waals surface area contributed by atoms with Crippen molar-refractivity contribution in [3.63, 3.8) is 0 Å². The molecule has 1 aliphatic heterocycles. The number of nitrogens with one attached hydrogen (secondary N) is 1. The summed E-state index contributed by atoms with van der Waals surface area (Å²) in [6.07, 6.45) is 0.0755. The summed E-state index contributed by atoms with van der Waals surface area (Å²) in [6.45, 7) is 2.04. The van der Waals surface area contributed by atoms with Crippen molar-refractivity contribution >= 4 is 5.78 Å². The van der Waals surface area contributed by atoms with Crippen molar-refractivity contribution in [3.8, 4) is 5.75 Å². The topological polar surface area (TPSA) is 47.6 Å². The molecule has 0 aliphatic carbocycles. The Kier molecular flexibility index (Phi) is 4.28. The Morgan fingerprint density at radius 3 is 3.11 bits per heavy atom. The van der Waals surface area contributed by atoms with Crippen LogP contribution in [0.2, 0.25) is 0 Å². The molecule has 5 heteroatoms. The Morgan fingerprint density at radius 2 is 2.44 bits per heavy atom. The van der Waals surface area contributed by atoms with Gasteiger partial charge in [-0.1, -0.05) is 0 Å². The molecule has 1 fully saturated rings. The Hall–Kier alpha value is -1.46. The lowest BCUT2D eigenvalue weighted by molar-refractivity contribution is 0.0239. The number of ether oxygens (including phenoxy) is 2. The molecule has 1 unspecified atom stereocenters. The predicted octanol–water partition coefficient (Wildman–Crippen LogP) is 1.40. The van der Waals surface area contributed by atoms with Crippen LogP contribution in [-0.4, -0.2) is 38.7 Å². The zero-order chi connectivity index (χ0) is 13.0. The molecule has 1 atom stereocenters. The molecule has 0 aromatic heterocycles. The van der Waals surface area contributed by atoms with Gasteiger partial charge in [-0.05, 0) is 18.2 Å². The molecule has 0 spiro atoms. The van der Waals surface area contributed by atoms with Crippen molar-refractivity contribution in [1.82, 2.24) is 5.32 Å². The van der Waals surface area contributed by atoms with Crippen molar-refractivity contribution in [2.75, 3.05) is 26.8 Å². The lowest BCUT2D eigenvalue weighted by atomic mass is 10.0. The lowest BCUT2D eigenvalue weighted by Gasteiger charge is -2.23. The molecule has 2 rings (SSSR count). The van der Waals surface area contributed by atoms with Gasteiger partial charge in [-0.25, -0.2) is 4.39 Å². The summed E-state index contributed by atoms with van der Waals surface area (Å²) in [6, 6.07) is 3.94. The van der Waals surface area contributed by atoms with Crippen molar-refractivity contribution in [2.24, 2.45) is 0 Å². The minimum absolute atomic E-state index is 0.153. The second-order valence-corrected chi connectivity index (χ2v) is 4.17. The predicted molar refractivity (Wildman–Crippen MR) is 64.5 cm³/mol. The molecule has 1 aliphatic rings. The van der Waals surface area contributed by atoms with Gasteiger partial charge in [-0.3, -0.25) is 4.79 Å². The summed E-state index contributed by atoms with van der Waals surface area (Å²) in [5.41, 5.74) is 0.270. The van der Waals surface area contributed by atoms with Crippen LogP contribution in [0.25, 0.3) is 0 Å². The highest BCUT2D eigenvalue weighted by molar-refractivity contribution is 5.99. The standard InChI is InChI=1S/C13H16FNO3/c1-17-13-3-2-9(14)6-11(13)12(16)7-10-8-15-4-5-18-10/h2-3,6,10,15H,4-5,7-8H2,1H3. The Balaban J connectivity index is 2.09. The van der Waals surface area contributed by atoms with Gasteiger partial charge >= 0.3 is 0 Å². The zero-order valence-corrected chi connectivity index (χ0v) is 10.2. The van der Waals surface area contributed by atoms with E-state index in [1.54, 1.807) is 0 Å². The van der Waals surface area contributed by atoms with Gasteiger partial charge in [0.25, 0.3) is 0 Å². The first kappa shape index (κ1) is 13.0. The van der Waals surface area contributed by atoms with E-state index in [0.717, 1.165) is 6.54 Å². The fraction of sp³-hybridized carbons (Fsp3) is 0.462. The van der Waals surface area contributed by atoms with Crippen molar-refractivity contribution < 1.29 is 18.7 Å². The van der Waals surface area contributed by atoms with Gasteiger partial charge in [0.05, 0.1) is 25.4 Å². The lowest BCUT2D eigenvalue weighted by Crippen LogP contribution is -2.39. The molecule has 98 valence electrons. The molecule has 1 aromatic carbocycles. The molecule has 18 heavy (non-hydrogen) atoms. The third kappa shape index (κ3) is 3.05. The monoisotopic (exact) mass is 253 g/mol. The molecule has 0 radical (unpaired) electrons. The molecule has 0 saturated carbocycles. The zero-order valence-electron chi connectivity index (χ0n) is 10.2. The van der Waals surface area contributed by atoms with Crippen LogP contribution >= 0.6 is 0 Å². The number of hydrogen-bond acceptors (Lipinski definition) is 4. The average Bonchev–Trinajstić information content (AvgIpc) is 2.40. The fourth-order valence-electron chi connectivity index (χ4n) is 1.97. The first-order valence-corrected chi connectivity index (χ1v) is 5.90. The summed E-state index contributed by atoms with van der Waals surface area (Å²) < 4.78 is 23.7. The van der Waals surface area contributed by atoms with E-state index >= 15 is 0 Å². The van der Waals surface area contributed by atoms with Crippen LogP contribution in [-0.2, 0) is 4.74 Å². The number of hydrogen-bond donors (Lipinski definition) is 1. The van der Waals surface area contributed by atoms with Gasteiger partial charge in [-0.15, -0.1) is 0 Å². The van der Waals surface area contributed by atoms with E-state index in [2.05, 4.69) is 5.32 Å². The number of morpholine rings is 1. The first-order valence-electron chi connectivity index (χ1n) is 5.90. The van der Waals surface area contributed by atoms with Gasteiger partial charge in [0.2, 0.25) is 0 Å². The molecular weight excluding hydrogens is 237 g/mol. The molecule has 0 amide bonds. The highest BCUT2D eigenvalue weighted by Gasteiger charge is 2.21. The minimum Gasteiger partial charge on any atom is -0.496 e. The quantitative estimate of drug-likeness (QED) is 0.824. The van der Waals surface area contributed by atoms with Gasteiger partial charge in [0, 0.05) is 19.5 Å². The largest absolute Gasteiger partial charge is 0.496 e. The van der Waals surface area contributed by atoms with E-state index < -0.39 is 5.82 Å². The summed E-state index contributed by atoms with van der Waals surface area (Å²) in [5, 5.41) is 3.15. The summed E-state index contributed by atoms with van der Waals surface area (Å²) in [7, 11) is 1.46. The van der Waals surface area contributed by atoms with Crippen LogP contribution in [0.4, 0.5) is 4.39 Å². The number of ketones is 1. The second kappa shape index (κ2) is 5.93. The van der Waals surface area contributed by atoms with Crippen LogP contribution in [0, 0.1) is 5.82 Å². The number of carbonyl (C=O) groups is 1. The minimum atomic E-state index is -0.443. The molecule has 1 saturated heterocycles. The number of methoxy groups -OCH3 is 1. The van der Waals surface area contributed by atoms with E-state index in [-0.39, 0.29) is 23.9 Å². The maximum Gasteiger partial charge on any atom is 0.169 e. The highest BCUT2D eigenvalue weighted by atomic mass is 19.1. The van der Waals surface area contributed by atoms with E-state index in [4.69, 9.17) is 9.47 Å². The van der Waals surface area contributed by atoms with E-state index in [0.29, 0.717) is 18.9 Å². The van der Waals surface area contributed by atoms with Gasteiger partial charge in [0.15, 0.2) is 5.78 Å². The smallest absolute Gasteiger partial charge is 0.169 e. The molecule has 1 aromatic rings. The Bertz CT molecular complexity index is 430. The normalized spacial score (nSPS) is 19.6. The van der Waals surface area contributed by atoms with Crippen molar-refractivity contribution in [3.05, 3.63) is 29.6 Å². The maximum absolute atomic E-state index is 13.2. The number of halogens is 1. The first-order chi connectivity index (χ1) is 8.70. The summed E-state index contributed by atoms with van der Waals surface area (Å²) in [5.74, 6) is -0.216. The van der Waals surface area contributed by atoms with Gasteiger partial charge in [0.1, 0.15) is 11.6 Å². The van der Waals surface area contributed by atoms with Gasteiger partial charge < -0.3 is 14.8 Å². The molecule has 4 nitrogen and oxygen atoms in total. The van der Waals surface area contributed by atoms with E-state index in [1.807, 2.05) is 0 Å². The Morgan fingerprint density at radius 1 is 1.61 bits per heavy atom. The molecular formula is C13H16FNO3. The fourth-order valence-corrected chi connectivity index (χ4v) is 1.97. The summed E-state index contributed by atoms with van der Waals surface area (Å²) in [4.78, 5) is 12.1. The number of carbonyl (C=O) groups excluding carboxylic acids is 1. The molecule has 1 heterocycles. The van der Waals surface area contributed by atoms with Crippen LogP contribution in [0.5, 0.6) is 5.75 Å². The van der Waals surface area contributed by atoms with Crippen LogP contribution in [0.1, 0.15) is 16.8 Å². The molecule has 0 bridgehead atoms.